The van der Waals surface area contributed by atoms with Gasteiger partial charge in [-0.1, -0.05) is 48.5 Å². The van der Waals surface area contributed by atoms with Crippen LogP contribution in [0.1, 0.15) is 22.8 Å². The maximum atomic E-state index is 13.1. The Morgan fingerprint density at radius 1 is 0.909 bits per heavy atom. The van der Waals surface area contributed by atoms with E-state index in [9.17, 15) is 14.9 Å². The molecule has 1 aromatic heterocycles. The Bertz CT molecular complexity index is 1350. The smallest absolute Gasteiger partial charge is 0.280 e. The first kappa shape index (κ1) is 20.2. The van der Waals surface area contributed by atoms with E-state index in [1.165, 1.54) is 12.3 Å². The van der Waals surface area contributed by atoms with Crippen molar-refractivity contribution in [3.05, 3.63) is 112 Å². The molecular formula is C25H17N3O5. The van der Waals surface area contributed by atoms with E-state index in [2.05, 4.69) is 10.5 Å². The van der Waals surface area contributed by atoms with Gasteiger partial charge in [0.25, 0.3) is 11.6 Å². The van der Waals surface area contributed by atoms with E-state index in [1.807, 2.05) is 48.5 Å². The lowest BCUT2D eigenvalue weighted by Gasteiger charge is -2.26. The Kier molecular flexibility index (Phi) is 5.16. The van der Waals surface area contributed by atoms with Crippen molar-refractivity contribution >= 4 is 17.8 Å². The number of carbonyl (C=O) groups is 1. The monoisotopic (exact) mass is 439 g/mol. The number of benzene rings is 3. The maximum Gasteiger partial charge on any atom is 0.280 e. The molecule has 5 rings (SSSR count). The number of nitrogens with zero attached hydrogens (tertiary/aromatic N) is 2. The molecule has 0 unspecified atom stereocenters. The van der Waals surface area contributed by atoms with Crippen molar-refractivity contribution in [2.24, 2.45) is 5.10 Å². The summed E-state index contributed by atoms with van der Waals surface area (Å²) in [5.74, 6) is 1.03. The van der Waals surface area contributed by atoms with Crippen LogP contribution >= 0.6 is 0 Å². The van der Waals surface area contributed by atoms with Crippen LogP contribution in [-0.2, 0) is 4.79 Å². The highest BCUT2D eigenvalue weighted by molar-refractivity contribution is 5.90. The molecule has 1 N–H and O–H groups in total. The maximum absolute atomic E-state index is 13.1. The van der Waals surface area contributed by atoms with Crippen LogP contribution in [0.25, 0.3) is 11.3 Å². The highest BCUT2D eigenvalue weighted by atomic mass is 16.6. The van der Waals surface area contributed by atoms with Gasteiger partial charge in [-0.25, -0.2) is 5.43 Å². The van der Waals surface area contributed by atoms with Gasteiger partial charge < -0.3 is 9.15 Å². The number of furan rings is 1. The van der Waals surface area contributed by atoms with Gasteiger partial charge in [-0.3, -0.25) is 14.9 Å². The van der Waals surface area contributed by atoms with Crippen LogP contribution < -0.4 is 10.2 Å². The summed E-state index contributed by atoms with van der Waals surface area (Å²) in [6.07, 6.45) is 1.35. The second-order valence-electron chi connectivity index (χ2n) is 7.32. The van der Waals surface area contributed by atoms with Gasteiger partial charge in [-0.05, 0) is 30.3 Å². The van der Waals surface area contributed by atoms with E-state index < -0.39 is 10.8 Å². The third kappa shape index (κ3) is 3.85. The number of hydrazone groups is 1. The van der Waals surface area contributed by atoms with Crippen molar-refractivity contribution in [1.82, 2.24) is 5.43 Å². The normalized spacial score (nSPS) is 12.6. The van der Waals surface area contributed by atoms with Gasteiger partial charge in [0, 0.05) is 17.2 Å². The van der Waals surface area contributed by atoms with Crippen molar-refractivity contribution < 1.29 is 18.9 Å². The number of ether oxygens (including phenoxy) is 1. The molecule has 1 aliphatic rings. The van der Waals surface area contributed by atoms with Crippen LogP contribution in [0.5, 0.6) is 11.5 Å². The minimum atomic E-state index is -0.581. The van der Waals surface area contributed by atoms with Crippen LogP contribution in [0.3, 0.4) is 0 Å². The zero-order chi connectivity index (χ0) is 22.8. The molecule has 1 amide bonds. The molecule has 0 bridgehead atoms. The lowest BCUT2D eigenvalue weighted by atomic mass is 9.87. The summed E-state index contributed by atoms with van der Waals surface area (Å²) < 4.78 is 11.6. The Labute approximate surface area is 188 Å². The fourth-order valence-corrected chi connectivity index (χ4v) is 3.82. The predicted octanol–water partition coefficient (Wildman–Crippen LogP) is 5.24. The van der Waals surface area contributed by atoms with Gasteiger partial charge >= 0.3 is 0 Å². The Balaban J connectivity index is 1.36. The Morgan fingerprint density at radius 2 is 1.55 bits per heavy atom. The van der Waals surface area contributed by atoms with E-state index in [1.54, 1.807) is 30.3 Å². The largest absolute Gasteiger partial charge is 0.457 e. The molecule has 0 spiro atoms. The van der Waals surface area contributed by atoms with E-state index in [0.29, 0.717) is 28.6 Å². The topological polar surface area (TPSA) is 107 Å². The number of nitro groups is 1. The van der Waals surface area contributed by atoms with Crippen LogP contribution in [0.15, 0.2) is 94.4 Å². The molecule has 162 valence electrons. The van der Waals surface area contributed by atoms with Crippen molar-refractivity contribution in [2.75, 3.05) is 0 Å². The van der Waals surface area contributed by atoms with Gasteiger partial charge in [0.2, 0.25) is 0 Å². The summed E-state index contributed by atoms with van der Waals surface area (Å²) in [6, 6.07) is 24.3. The zero-order valence-electron chi connectivity index (χ0n) is 17.2. The first-order valence-corrected chi connectivity index (χ1v) is 10.1. The molecule has 8 nitrogen and oxygen atoms in total. The highest BCUT2D eigenvalue weighted by Gasteiger charge is 2.32. The number of carbonyl (C=O) groups excluding carboxylic acids is 1. The molecule has 0 saturated heterocycles. The number of hydrogen-bond donors (Lipinski definition) is 1. The quantitative estimate of drug-likeness (QED) is 0.260. The molecule has 0 fully saturated rings. The van der Waals surface area contributed by atoms with E-state index >= 15 is 0 Å². The lowest BCUT2D eigenvalue weighted by Crippen LogP contribution is -2.28. The van der Waals surface area contributed by atoms with Gasteiger partial charge in [-0.2, -0.15) is 5.10 Å². The number of nitrogens with one attached hydrogen (secondary N) is 1. The van der Waals surface area contributed by atoms with E-state index in [-0.39, 0.29) is 11.6 Å². The average Bonchev–Trinajstić information content (AvgIpc) is 3.31. The SMILES string of the molecule is O=C(N/N=C/c1ccc(-c2ccccc2[N+](=O)[O-])o1)C1c2ccccc2Oc2ccccc21. The second-order valence-corrected chi connectivity index (χ2v) is 7.32. The summed E-state index contributed by atoms with van der Waals surface area (Å²) in [7, 11) is 0. The van der Waals surface area contributed by atoms with Crippen LogP contribution in [-0.4, -0.2) is 17.0 Å². The summed E-state index contributed by atoms with van der Waals surface area (Å²) >= 11 is 0. The van der Waals surface area contributed by atoms with E-state index in [0.717, 1.165) is 11.1 Å². The number of amides is 1. The zero-order valence-corrected chi connectivity index (χ0v) is 17.2. The van der Waals surface area contributed by atoms with Crippen molar-refractivity contribution in [3.8, 4) is 22.8 Å². The standard InChI is InChI=1S/C25H17N3O5/c29-25(24-18-8-2-5-11-21(18)33-22-12-6-3-9-19(22)24)27-26-15-16-13-14-23(32-16)17-7-1-4-10-20(17)28(30)31/h1-15,24H,(H,27,29)/b26-15+. The second kappa shape index (κ2) is 8.43. The van der Waals surface area contributed by atoms with Gasteiger partial charge in [0.05, 0.1) is 22.6 Å². The summed E-state index contributed by atoms with van der Waals surface area (Å²) in [5.41, 5.74) is 4.38. The first-order valence-electron chi connectivity index (χ1n) is 10.1. The lowest BCUT2D eigenvalue weighted by molar-refractivity contribution is -0.384. The minimum Gasteiger partial charge on any atom is -0.457 e. The number of para-hydroxylation sites is 3. The summed E-state index contributed by atoms with van der Waals surface area (Å²) in [5, 5.41) is 15.3. The van der Waals surface area contributed by atoms with E-state index in [4.69, 9.17) is 9.15 Å². The Hall–Kier alpha value is -4.72. The number of nitro benzene ring substituents is 1. The molecule has 0 radical (unpaired) electrons. The van der Waals surface area contributed by atoms with Crippen LogP contribution in [0, 0.1) is 10.1 Å². The van der Waals surface area contributed by atoms with Crippen LogP contribution in [0.4, 0.5) is 5.69 Å². The van der Waals surface area contributed by atoms with Gasteiger partial charge in [-0.15, -0.1) is 0 Å². The first-order chi connectivity index (χ1) is 16.1. The Morgan fingerprint density at radius 3 is 2.24 bits per heavy atom. The average molecular weight is 439 g/mol. The molecule has 4 aromatic rings. The molecule has 1 aliphatic heterocycles. The van der Waals surface area contributed by atoms with Crippen molar-refractivity contribution in [1.29, 1.82) is 0 Å². The van der Waals surface area contributed by atoms with Crippen molar-refractivity contribution in [3.63, 3.8) is 0 Å². The number of fused-ring (bicyclic) bond motifs is 2. The van der Waals surface area contributed by atoms with Crippen molar-refractivity contribution in [2.45, 2.75) is 5.92 Å². The molecule has 2 heterocycles. The summed E-state index contributed by atoms with van der Waals surface area (Å²) in [4.78, 5) is 23.9. The highest BCUT2D eigenvalue weighted by Crippen LogP contribution is 2.43. The molecule has 3 aromatic carbocycles. The molecule has 8 heteroatoms. The summed E-state index contributed by atoms with van der Waals surface area (Å²) in [6.45, 7) is 0. The molecular weight excluding hydrogens is 422 g/mol. The molecule has 33 heavy (non-hydrogen) atoms. The molecule has 0 atom stereocenters. The predicted molar refractivity (Wildman–Crippen MR) is 121 cm³/mol. The molecule has 0 aliphatic carbocycles. The third-order valence-corrected chi connectivity index (χ3v) is 5.30. The fraction of sp³-hybridized carbons (Fsp3) is 0.0400. The fourth-order valence-electron chi connectivity index (χ4n) is 3.82. The minimum absolute atomic E-state index is 0.0551. The van der Waals surface area contributed by atoms with Gasteiger partial charge in [0.15, 0.2) is 0 Å². The number of rotatable bonds is 5. The number of hydrogen-bond acceptors (Lipinski definition) is 6. The van der Waals surface area contributed by atoms with Gasteiger partial charge in [0.1, 0.15) is 23.0 Å². The van der Waals surface area contributed by atoms with Crippen LogP contribution in [0.2, 0.25) is 0 Å². The third-order valence-electron chi connectivity index (χ3n) is 5.30. The molecule has 0 saturated carbocycles.